The molecule has 1 heterocycles. The first kappa shape index (κ1) is 17.7. The van der Waals surface area contributed by atoms with Gasteiger partial charge >= 0.3 is 0 Å². The van der Waals surface area contributed by atoms with E-state index in [0.717, 1.165) is 38.4 Å². The lowest BCUT2D eigenvalue weighted by molar-refractivity contribution is 0.258. The van der Waals surface area contributed by atoms with E-state index in [1.807, 2.05) is 24.3 Å². The van der Waals surface area contributed by atoms with E-state index in [4.69, 9.17) is 0 Å². The van der Waals surface area contributed by atoms with Gasteiger partial charge in [-0.05, 0) is 25.1 Å². The fourth-order valence-electron chi connectivity index (χ4n) is 2.71. The summed E-state index contributed by atoms with van der Waals surface area (Å²) in [7, 11) is 0.0388. The Hall–Kier alpha value is -1.62. The maximum Gasteiger partial charge on any atom is 0.213 e. The number of piperazine rings is 1. The number of benzene rings is 1. The molecule has 0 aromatic heterocycles. The molecular formula is C16H24N4O2S. The third kappa shape index (κ3) is 4.67. The predicted molar refractivity (Wildman–Crippen MR) is 91.9 cm³/mol. The maximum absolute atomic E-state index is 11.7. The van der Waals surface area contributed by atoms with Gasteiger partial charge in [-0.15, -0.1) is 0 Å². The van der Waals surface area contributed by atoms with Crippen molar-refractivity contribution in [1.82, 2.24) is 9.21 Å². The molecule has 0 amide bonds. The summed E-state index contributed by atoms with van der Waals surface area (Å²) in [5.74, 6) is 0.192. The van der Waals surface area contributed by atoms with Crippen LogP contribution in [0.15, 0.2) is 24.3 Å². The van der Waals surface area contributed by atoms with Gasteiger partial charge in [-0.2, -0.15) is 5.26 Å². The molecule has 0 spiro atoms. The summed E-state index contributed by atoms with van der Waals surface area (Å²) in [6, 6.07) is 9.90. The number of sulfonamides is 1. The molecule has 0 aliphatic carbocycles. The lowest BCUT2D eigenvalue weighted by atomic mass is 10.1. The smallest absolute Gasteiger partial charge is 0.213 e. The largest absolute Gasteiger partial charge is 0.368 e. The van der Waals surface area contributed by atoms with E-state index >= 15 is 0 Å². The second-order valence-electron chi connectivity index (χ2n) is 5.91. The van der Waals surface area contributed by atoms with Gasteiger partial charge in [-0.1, -0.05) is 12.1 Å². The van der Waals surface area contributed by atoms with Crippen molar-refractivity contribution in [2.75, 3.05) is 57.5 Å². The van der Waals surface area contributed by atoms with Crippen LogP contribution in [0.4, 0.5) is 5.69 Å². The molecule has 0 atom stereocenters. The second-order valence-corrected chi connectivity index (χ2v) is 8.21. The van der Waals surface area contributed by atoms with E-state index in [1.165, 1.54) is 4.31 Å². The normalized spacial score (nSPS) is 16.5. The molecule has 126 valence electrons. The van der Waals surface area contributed by atoms with Gasteiger partial charge in [-0.25, -0.2) is 12.7 Å². The van der Waals surface area contributed by atoms with Crippen LogP contribution in [0, 0.1) is 11.3 Å². The molecule has 6 nitrogen and oxygen atoms in total. The predicted octanol–water partition coefficient (Wildman–Crippen LogP) is 0.962. The highest BCUT2D eigenvalue weighted by atomic mass is 32.2. The number of nitriles is 1. The van der Waals surface area contributed by atoms with Crippen LogP contribution in [-0.2, 0) is 10.0 Å². The van der Waals surface area contributed by atoms with Crippen LogP contribution < -0.4 is 4.90 Å². The van der Waals surface area contributed by atoms with E-state index in [-0.39, 0.29) is 5.75 Å². The van der Waals surface area contributed by atoms with Gasteiger partial charge in [0.05, 0.1) is 17.0 Å². The molecule has 0 saturated carbocycles. The van der Waals surface area contributed by atoms with Gasteiger partial charge in [0.15, 0.2) is 0 Å². The molecule has 0 unspecified atom stereocenters. The first-order valence-corrected chi connectivity index (χ1v) is 9.41. The number of anilines is 1. The Morgan fingerprint density at radius 2 is 1.83 bits per heavy atom. The molecular weight excluding hydrogens is 312 g/mol. The minimum Gasteiger partial charge on any atom is -0.368 e. The molecule has 0 radical (unpaired) electrons. The molecule has 1 aliphatic heterocycles. The standard InChI is InChI=1S/C16H24N4O2S/c1-18(2)23(21,22)13-5-8-19-9-11-20(12-10-19)16-7-4-3-6-15(16)14-17/h3-4,6-7H,5,8-13H2,1-2H3. The number of rotatable bonds is 6. The first-order chi connectivity index (χ1) is 10.9. The van der Waals surface area contributed by atoms with E-state index < -0.39 is 10.0 Å². The van der Waals surface area contributed by atoms with Crippen LogP contribution in [0.1, 0.15) is 12.0 Å². The summed E-state index contributed by atoms with van der Waals surface area (Å²) in [6.07, 6.45) is 0.648. The van der Waals surface area contributed by atoms with Crippen LogP contribution in [0.3, 0.4) is 0 Å². The second kappa shape index (κ2) is 7.77. The molecule has 23 heavy (non-hydrogen) atoms. The Kier molecular flexibility index (Phi) is 5.99. The van der Waals surface area contributed by atoms with E-state index in [9.17, 15) is 13.7 Å². The molecule has 7 heteroatoms. The van der Waals surface area contributed by atoms with Crippen molar-refractivity contribution in [2.45, 2.75) is 6.42 Å². The highest BCUT2D eigenvalue weighted by molar-refractivity contribution is 7.89. The summed E-state index contributed by atoms with van der Waals surface area (Å²) in [4.78, 5) is 4.52. The van der Waals surface area contributed by atoms with Crippen LogP contribution in [0.2, 0.25) is 0 Å². The fourth-order valence-corrected chi connectivity index (χ4v) is 3.57. The van der Waals surface area contributed by atoms with Crippen molar-refractivity contribution in [1.29, 1.82) is 5.26 Å². The summed E-state index contributed by atoms with van der Waals surface area (Å²) in [5.41, 5.74) is 1.70. The van der Waals surface area contributed by atoms with Crippen molar-refractivity contribution in [3.8, 4) is 6.07 Å². The monoisotopic (exact) mass is 336 g/mol. The van der Waals surface area contributed by atoms with Crippen LogP contribution in [0.25, 0.3) is 0 Å². The summed E-state index contributed by atoms with van der Waals surface area (Å²) < 4.78 is 24.8. The lowest BCUT2D eigenvalue weighted by Gasteiger charge is -2.36. The fraction of sp³-hybridized carbons (Fsp3) is 0.562. The van der Waals surface area contributed by atoms with Crippen molar-refractivity contribution < 1.29 is 8.42 Å². The number of para-hydroxylation sites is 1. The summed E-state index contributed by atoms with van der Waals surface area (Å²) in [6.45, 7) is 4.29. The molecule has 1 aliphatic rings. The minimum atomic E-state index is -3.10. The van der Waals surface area contributed by atoms with Gasteiger partial charge in [0, 0.05) is 40.3 Å². The third-order valence-electron chi connectivity index (χ3n) is 4.17. The van der Waals surface area contributed by atoms with Gasteiger partial charge in [-0.3, -0.25) is 4.90 Å². The number of hydrogen-bond acceptors (Lipinski definition) is 5. The van der Waals surface area contributed by atoms with Gasteiger partial charge < -0.3 is 4.90 Å². The minimum absolute atomic E-state index is 0.192. The van der Waals surface area contributed by atoms with Crippen LogP contribution in [0.5, 0.6) is 0 Å². The van der Waals surface area contributed by atoms with Crippen molar-refractivity contribution in [3.63, 3.8) is 0 Å². The van der Waals surface area contributed by atoms with Gasteiger partial charge in [0.2, 0.25) is 10.0 Å². The zero-order valence-corrected chi connectivity index (χ0v) is 14.6. The molecule has 1 fully saturated rings. The lowest BCUT2D eigenvalue weighted by Crippen LogP contribution is -2.47. The van der Waals surface area contributed by atoms with E-state index in [2.05, 4.69) is 15.9 Å². The zero-order valence-electron chi connectivity index (χ0n) is 13.8. The topological polar surface area (TPSA) is 67.7 Å². The Morgan fingerprint density at radius 1 is 1.17 bits per heavy atom. The molecule has 1 aromatic carbocycles. The highest BCUT2D eigenvalue weighted by Crippen LogP contribution is 2.21. The highest BCUT2D eigenvalue weighted by Gasteiger charge is 2.20. The Labute approximate surface area is 139 Å². The summed E-state index contributed by atoms with van der Waals surface area (Å²) in [5, 5.41) is 9.19. The van der Waals surface area contributed by atoms with Crippen molar-refractivity contribution >= 4 is 15.7 Å². The zero-order chi connectivity index (χ0) is 16.9. The number of nitrogens with zero attached hydrogens (tertiary/aromatic N) is 4. The maximum atomic E-state index is 11.7. The van der Waals surface area contributed by atoms with Gasteiger partial charge in [0.1, 0.15) is 6.07 Å². The first-order valence-electron chi connectivity index (χ1n) is 7.80. The molecule has 1 aromatic rings. The quantitative estimate of drug-likeness (QED) is 0.774. The molecule has 2 rings (SSSR count). The Bertz CT molecular complexity index is 659. The van der Waals surface area contributed by atoms with Crippen LogP contribution >= 0.6 is 0 Å². The molecule has 0 N–H and O–H groups in total. The molecule has 0 bridgehead atoms. The number of hydrogen-bond donors (Lipinski definition) is 0. The van der Waals surface area contributed by atoms with E-state index in [0.29, 0.717) is 12.0 Å². The SMILES string of the molecule is CN(C)S(=O)(=O)CCCN1CCN(c2ccccc2C#N)CC1. The van der Waals surface area contributed by atoms with Crippen molar-refractivity contribution in [2.24, 2.45) is 0 Å². The Balaban J connectivity index is 1.82. The third-order valence-corrected chi connectivity index (χ3v) is 6.09. The molecule has 1 saturated heterocycles. The van der Waals surface area contributed by atoms with Crippen LogP contribution in [-0.4, -0.2) is 70.2 Å². The van der Waals surface area contributed by atoms with Gasteiger partial charge in [0.25, 0.3) is 0 Å². The average Bonchev–Trinajstić information content (AvgIpc) is 2.55. The Morgan fingerprint density at radius 3 is 2.43 bits per heavy atom. The van der Waals surface area contributed by atoms with Crippen molar-refractivity contribution in [3.05, 3.63) is 29.8 Å². The average molecular weight is 336 g/mol. The van der Waals surface area contributed by atoms with E-state index in [1.54, 1.807) is 14.1 Å². The summed E-state index contributed by atoms with van der Waals surface area (Å²) >= 11 is 0.